The topological polar surface area (TPSA) is 98.2 Å². The quantitative estimate of drug-likeness (QED) is 0.747. The second-order valence-electron chi connectivity index (χ2n) is 7.72. The molecule has 2 aromatic rings. The lowest BCUT2D eigenvalue weighted by Crippen LogP contribution is -2.26. The molecule has 4 rings (SSSR count). The van der Waals surface area contributed by atoms with Gasteiger partial charge in [0.2, 0.25) is 11.9 Å². The first-order valence-corrected chi connectivity index (χ1v) is 11.6. The van der Waals surface area contributed by atoms with E-state index in [1.165, 1.54) is 0 Å². The van der Waals surface area contributed by atoms with Crippen LogP contribution < -0.4 is 5.32 Å². The highest BCUT2D eigenvalue weighted by Crippen LogP contribution is 2.35. The zero-order valence-electron chi connectivity index (χ0n) is 16.2. The van der Waals surface area contributed by atoms with Gasteiger partial charge >= 0.3 is 0 Å². The number of carbonyl (C=O) groups excluding carboxylic acids is 1. The monoisotopic (exact) mass is 415 g/mol. The fraction of sp³-hybridized carbons (Fsp3) is 0.476. The summed E-state index contributed by atoms with van der Waals surface area (Å²) in [4.78, 5) is 21.5. The Labute approximate surface area is 170 Å². The summed E-state index contributed by atoms with van der Waals surface area (Å²) in [6.45, 7) is 1.42. The van der Waals surface area contributed by atoms with E-state index in [4.69, 9.17) is 4.74 Å². The highest BCUT2D eigenvalue weighted by Gasteiger charge is 2.37. The largest absolute Gasteiger partial charge is 0.381 e. The minimum absolute atomic E-state index is 0.180. The van der Waals surface area contributed by atoms with Crippen molar-refractivity contribution in [3.63, 3.8) is 0 Å². The fourth-order valence-corrected chi connectivity index (χ4v) is 5.39. The number of benzene rings is 1. The lowest BCUT2D eigenvalue weighted by atomic mass is 9.84. The molecular formula is C21H25N3O4S. The summed E-state index contributed by atoms with van der Waals surface area (Å²) >= 11 is 0. The Balaban J connectivity index is 1.56. The van der Waals surface area contributed by atoms with Crippen molar-refractivity contribution in [2.45, 2.75) is 48.2 Å². The van der Waals surface area contributed by atoms with E-state index in [9.17, 15) is 13.2 Å². The van der Waals surface area contributed by atoms with Crippen molar-refractivity contribution >= 4 is 21.7 Å². The lowest BCUT2D eigenvalue weighted by molar-refractivity contribution is -0.118. The third-order valence-corrected chi connectivity index (χ3v) is 7.88. The summed E-state index contributed by atoms with van der Waals surface area (Å²) < 4.78 is 30.4. The summed E-state index contributed by atoms with van der Waals surface area (Å²) in [6.07, 6.45) is 7.13. The molecule has 2 fully saturated rings. The average Bonchev–Trinajstić information content (AvgIpc) is 3.60. The first kappa shape index (κ1) is 20.0. The zero-order valence-corrected chi connectivity index (χ0v) is 17.0. The van der Waals surface area contributed by atoms with Crippen LogP contribution in [0.2, 0.25) is 0 Å². The van der Waals surface area contributed by atoms with Crippen LogP contribution in [0.5, 0.6) is 0 Å². The number of nitrogens with zero attached hydrogens (tertiary/aromatic N) is 2. The van der Waals surface area contributed by atoms with Gasteiger partial charge in [-0.1, -0.05) is 12.1 Å². The van der Waals surface area contributed by atoms with Crippen molar-refractivity contribution < 1.29 is 17.9 Å². The second kappa shape index (κ2) is 8.59. The van der Waals surface area contributed by atoms with E-state index < -0.39 is 15.8 Å². The number of aromatic nitrogens is 2. The van der Waals surface area contributed by atoms with E-state index in [1.54, 1.807) is 42.7 Å². The van der Waals surface area contributed by atoms with Gasteiger partial charge in [-0.2, -0.15) is 0 Å². The standard InChI is InChI=1S/C21H25N3O4S/c25-20(24-21-22-10-1-11-23-21)19(14-15-8-12-28-13-9-15)16-2-4-17(5-3-16)29(26,27)18-6-7-18/h1-5,10-11,15,18-19H,6-9,12-14H2,(H,22,23,24,25). The number of anilines is 1. The third kappa shape index (κ3) is 4.82. The van der Waals surface area contributed by atoms with E-state index >= 15 is 0 Å². The van der Waals surface area contributed by atoms with Crippen molar-refractivity contribution in [2.75, 3.05) is 18.5 Å². The number of nitrogens with one attached hydrogen (secondary N) is 1. The Morgan fingerprint density at radius 3 is 2.34 bits per heavy atom. The van der Waals surface area contributed by atoms with Gasteiger partial charge in [0.15, 0.2) is 9.84 Å². The third-order valence-electron chi connectivity index (χ3n) is 5.60. The highest BCUT2D eigenvalue weighted by atomic mass is 32.2. The fourth-order valence-electron chi connectivity index (χ4n) is 3.73. The maximum Gasteiger partial charge on any atom is 0.234 e. The summed E-state index contributed by atoms with van der Waals surface area (Å²) in [5.74, 6) is 0.0635. The van der Waals surface area contributed by atoms with Gasteiger partial charge in [-0.25, -0.2) is 18.4 Å². The summed E-state index contributed by atoms with van der Waals surface area (Å²) in [5.41, 5.74) is 0.805. The smallest absolute Gasteiger partial charge is 0.234 e. The molecule has 1 unspecified atom stereocenters. The molecule has 8 heteroatoms. The van der Waals surface area contributed by atoms with Gasteiger partial charge < -0.3 is 4.74 Å². The Morgan fingerprint density at radius 1 is 1.07 bits per heavy atom. The number of amides is 1. The molecule has 1 aliphatic heterocycles. The summed E-state index contributed by atoms with van der Waals surface area (Å²) in [6, 6.07) is 8.49. The maximum atomic E-state index is 13.0. The van der Waals surface area contributed by atoms with Crippen LogP contribution in [0.4, 0.5) is 5.95 Å². The number of sulfone groups is 1. The number of ether oxygens (including phenoxy) is 1. The van der Waals surface area contributed by atoms with E-state index in [2.05, 4.69) is 15.3 Å². The normalized spacial score (nSPS) is 18.9. The first-order valence-electron chi connectivity index (χ1n) is 10.0. The predicted molar refractivity (Wildman–Crippen MR) is 108 cm³/mol. The van der Waals surface area contributed by atoms with Gasteiger partial charge in [-0.05, 0) is 61.8 Å². The van der Waals surface area contributed by atoms with Gasteiger partial charge in [0, 0.05) is 25.6 Å². The van der Waals surface area contributed by atoms with Gasteiger partial charge in [0.25, 0.3) is 0 Å². The highest BCUT2D eigenvalue weighted by molar-refractivity contribution is 7.92. The molecule has 1 atom stereocenters. The number of hydrogen-bond acceptors (Lipinski definition) is 6. The van der Waals surface area contributed by atoms with Crippen LogP contribution in [-0.2, 0) is 19.4 Å². The van der Waals surface area contributed by atoms with E-state index in [1.807, 2.05) is 0 Å². The van der Waals surface area contributed by atoms with E-state index in [-0.39, 0.29) is 17.1 Å². The minimum Gasteiger partial charge on any atom is -0.381 e. The zero-order chi connectivity index (χ0) is 20.3. The molecule has 1 saturated carbocycles. The van der Waals surface area contributed by atoms with Crippen LogP contribution in [0.25, 0.3) is 0 Å². The molecule has 0 radical (unpaired) electrons. The number of carbonyl (C=O) groups is 1. The van der Waals surface area contributed by atoms with Crippen molar-refractivity contribution in [2.24, 2.45) is 5.92 Å². The van der Waals surface area contributed by atoms with E-state index in [0.29, 0.717) is 30.4 Å². The van der Waals surface area contributed by atoms with Crippen molar-refractivity contribution in [3.8, 4) is 0 Å². The van der Waals surface area contributed by atoms with Crippen LogP contribution in [0.15, 0.2) is 47.6 Å². The molecule has 0 bridgehead atoms. The Hall–Kier alpha value is -2.32. The minimum atomic E-state index is -3.24. The lowest BCUT2D eigenvalue weighted by Gasteiger charge is -2.26. The number of hydrogen-bond donors (Lipinski definition) is 1. The first-order chi connectivity index (χ1) is 14.0. The molecule has 1 aromatic heterocycles. The van der Waals surface area contributed by atoms with Gasteiger partial charge in [-0.15, -0.1) is 0 Å². The molecular weight excluding hydrogens is 390 g/mol. The number of rotatable bonds is 7. The van der Waals surface area contributed by atoms with Crippen LogP contribution in [0, 0.1) is 5.92 Å². The molecule has 2 aliphatic rings. The van der Waals surface area contributed by atoms with Crippen LogP contribution >= 0.6 is 0 Å². The molecule has 1 N–H and O–H groups in total. The van der Waals surface area contributed by atoms with Crippen LogP contribution in [0.3, 0.4) is 0 Å². The summed E-state index contributed by atoms with van der Waals surface area (Å²) in [5, 5.41) is 2.55. The Kier molecular flexibility index (Phi) is 5.91. The summed E-state index contributed by atoms with van der Waals surface area (Å²) in [7, 11) is -3.24. The van der Waals surface area contributed by atoms with Crippen LogP contribution in [0.1, 0.15) is 43.6 Å². The van der Waals surface area contributed by atoms with Crippen molar-refractivity contribution in [3.05, 3.63) is 48.3 Å². The van der Waals surface area contributed by atoms with Crippen LogP contribution in [-0.4, -0.2) is 42.8 Å². The Bertz CT molecular complexity index is 938. The van der Waals surface area contributed by atoms with Gasteiger partial charge in [-0.3, -0.25) is 10.1 Å². The average molecular weight is 416 g/mol. The second-order valence-corrected chi connectivity index (χ2v) is 9.95. The SMILES string of the molecule is O=C(Nc1ncccn1)C(CC1CCOCC1)c1ccc(S(=O)(=O)C2CC2)cc1. The van der Waals surface area contributed by atoms with E-state index in [0.717, 1.165) is 31.2 Å². The van der Waals surface area contributed by atoms with Gasteiger partial charge in [0.1, 0.15) is 0 Å². The van der Waals surface area contributed by atoms with Crippen molar-refractivity contribution in [1.29, 1.82) is 0 Å². The molecule has 1 aromatic carbocycles. The molecule has 2 heterocycles. The molecule has 154 valence electrons. The Morgan fingerprint density at radius 2 is 1.72 bits per heavy atom. The molecule has 1 saturated heterocycles. The predicted octanol–water partition coefficient (Wildman–Crippen LogP) is 2.95. The van der Waals surface area contributed by atoms with Crippen molar-refractivity contribution in [1.82, 2.24) is 9.97 Å². The molecule has 0 spiro atoms. The molecule has 7 nitrogen and oxygen atoms in total. The molecule has 29 heavy (non-hydrogen) atoms. The maximum absolute atomic E-state index is 13.0. The van der Waals surface area contributed by atoms with Gasteiger partial charge in [0.05, 0.1) is 16.1 Å². The molecule has 1 aliphatic carbocycles. The molecule has 1 amide bonds.